The molecule has 19 heavy (non-hydrogen) atoms. The Morgan fingerprint density at radius 2 is 1.21 bits per heavy atom. The third-order valence-corrected chi connectivity index (χ3v) is 4.63. The lowest BCUT2D eigenvalue weighted by molar-refractivity contribution is 0.865. The van der Waals surface area contributed by atoms with E-state index in [0.29, 0.717) is 5.92 Å². The fourth-order valence-corrected chi connectivity index (χ4v) is 2.78. The maximum Gasteiger partial charge on any atom is 0.0644 e. The highest BCUT2D eigenvalue weighted by atomic mass is 79.9. The largest absolute Gasteiger partial charge is 0.0786 e. The lowest BCUT2D eigenvalue weighted by Crippen LogP contribution is -1.94. The van der Waals surface area contributed by atoms with Gasteiger partial charge in [0.15, 0.2) is 0 Å². The maximum absolute atomic E-state index is 3.80. The molecular weight excluding hydrogens is 296 g/mol. The van der Waals surface area contributed by atoms with Crippen molar-refractivity contribution in [1.29, 1.82) is 0 Å². The number of hydrogen-bond donors (Lipinski definition) is 0. The SMILES string of the molecule is CCc1ccc(C(Br)c2ccc(C(C)C)cc2)cc1. The standard InChI is InChI=1S/C18H21Br/c1-4-14-5-7-16(8-6-14)18(19)17-11-9-15(10-12-17)13(2)3/h5-13,18H,4H2,1-3H3. The molecule has 0 aromatic heterocycles. The van der Waals surface area contributed by atoms with E-state index in [-0.39, 0.29) is 4.83 Å². The summed E-state index contributed by atoms with van der Waals surface area (Å²) >= 11 is 3.80. The van der Waals surface area contributed by atoms with Gasteiger partial charge in [0, 0.05) is 0 Å². The Kier molecular flexibility index (Phi) is 4.81. The highest BCUT2D eigenvalue weighted by Gasteiger charge is 2.10. The highest BCUT2D eigenvalue weighted by Crippen LogP contribution is 2.31. The molecule has 0 amide bonds. The van der Waals surface area contributed by atoms with Crippen LogP contribution < -0.4 is 0 Å². The van der Waals surface area contributed by atoms with Crippen LogP contribution in [0.1, 0.15) is 53.8 Å². The van der Waals surface area contributed by atoms with Crippen LogP contribution >= 0.6 is 15.9 Å². The van der Waals surface area contributed by atoms with Crippen LogP contribution in [-0.2, 0) is 6.42 Å². The Balaban J connectivity index is 2.20. The van der Waals surface area contributed by atoms with Crippen LogP contribution in [0.5, 0.6) is 0 Å². The number of aryl methyl sites for hydroxylation is 1. The van der Waals surface area contributed by atoms with E-state index in [1.165, 1.54) is 22.3 Å². The van der Waals surface area contributed by atoms with Gasteiger partial charge in [-0.05, 0) is 34.6 Å². The van der Waals surface area contributed by atoms with Crippen molar-refractivity contribution in [2.45, 2.75) is 37.9 Å². The Hall–Kier alpha value is -1.08. The summed E-state index contributed by atoms with van der Waals surface area (Å²) in [7, 11) is 0. The van der Waals surface area contributed by atoms with Gasteiger partial charge in [0.05, 0.1) is 4.83 Å². The first-order valence-corrected chi connectivity index (χ1v) is 7.86. The van der Waals surface area contributed by atoms with Crippen LogP contribution in [0.4, 0.5) is 0 Å². The maximum atomic E-state index is 3.80. The summed E-state index contributed by atoms with van der Waals surface area (Å²) in [6.07, 6.45) is 1.09. The molecule has 0 bridgehead atoms. The summed E-state index contributed by atoms with van der Waals surface area (Å²) in [6.45, 7) is 6.64. The average Bonchev–Trinajstić information content (AvgIpc) is 2.46. The molecule has 1 unspecified atom stereocenters. The molecule has 2 aromatic rings. The molecule has 0 radical (unpaired) electrons. The minimum absolute atomic E-state index is 0.277. The van der Waals surface area contributed by atoms with Gasteiger partial charge in [0.25, 0.3) is 0 Å². The quantitative estimate of drug-likeness (QED) is 0.620. The number of alkyl halides is 1. The zero-order valence-corrected chi connectivity index (χ0v) is 13.4. The topological polar surface area (TPSA) is 0 Å². The zero-order valence-electron chi connectivity index (χ0n) is 11.9. The minimum atomic E-state index is 0.277. The molecule has 2 rings (SSSR count). The third-order valence-electron chi connectivity index (χ3n) is 3.58. The van der Waals surface area contributed by atoms with Crippen LogP contribution in [0.25, 0.3) is 0 Å². The Morgan fingerprint density at radius 1 is 0.789 bits per heavy atom. The van der Waals surface area contributed by atoms with Crippen molar-refractivity contribution in [3.63, 3.8) is 0 Å². The first-order chi connectivity index (χ1) is 9.11. The summed E-state index contributed by atoms with van der Waals surface area (Å²) in [4.78, 5) is 0.277. The van der Waals surface area contributed by atoms with Gasteiger partial charge in [-0.1, -0.05) is 85.2 Å². The molecule has 1 heteroatoms. The number of rotatable bonds is 4. The molecule has 2 aromatic carbocycles. The lowest BCUT2D eigenvalue weighted by Gasteiger charge is -2.13. The van der Waals surface area contributed by atoms with Crippen LogP contribution in [0.3, 0.4) is 0 Å². The van der Waals surface area contributed by atoms with E-state index in [2.05, 4.69) is 85.2 Å². The summed E-state index contributed by atoms with van der Waals surface area (Å²) in [5.74, 6) is 0.590. The molecule has 0 heterocycles. The van der Waals surface area contributed by atoms with Gasteiger partial charge < -0.3 is 0 Å². The number of benzene rings is 2. The second kappa shape index (κ2) is 6.38. The van der Waals surface area contributed by atoms with E-state index in [1.54, 1.807) is 0 Å². The van der Waals surface area contributed by atoms with Gasteiger partial charge in [-0.3, -0.25) is 0 Å². The molecular formula is C18H21Br. The third kappa shape index (κ3) is 3.48. The van der Waals surface area contributed by atoms with Crippen LogP contribution in [0, 0.1) is 0 Å². The Morgan fingerprint density at radius 3 is 1.63 bits per heavy atom. The molecule has 0 aliphatic rings. The predicted octanol–water partition coefficient (Wildman–Crippen LogP) is 5.86. The fourth-order valence-electron chi connectivity index (χ4n) is 2.16. The highest BCUT2D eigenvalue weighted by molar-refractivity contribution is 9.09. The van der Waals surface area contributed by atoms with Gasteiger partial charge in [0.1, 0.15) is 0 Å². The van der Waals surface area contributed by atoms with Gasteiger partial charge in [-0.2, -0.15) is 0 Å². The fraction of sp³-hybridized carbons (Fsp3) is 0.333. The van der Waals surface area contributed by atoms with E-state index < -0.39 is 0 Å². The van der Waals surface area contributed by atoms with Crippen molar-refractivity contribution in [1.82, 2.24) is 0 Å². The normalized spacial score (nSPS) is 12.7. The monoisotopic (exact) mass is 316 g/mol. The van der Waals surface area contributed by atoms with Gasteiger partial charge >= 0.3 is 0 Å². The van der Waals surface area contributed by atoms with E-state index >= 15 is 0 Å². The van der Waals surface area contributed by atoms with Crippen molar-refractivity contribution in [2.24, 2.45) is 0 Å². The van der Waals surface area contributed by atoms with Crippen molar-refractivity contribution in [2.75, 3.05) is 0 Å². The van der Waals surface area contributed by atoms with Gasteiger partial charge in [0.2, 0.25) is 0 Å². The molecule has 0 N–H and O–H groups in total. The first kappa shape index (κ1) is 14.3. The second-order valence-electron chi connectivity index (χ2n) is 5.28. The summed E-state index contributed by atoms with van der Waals surface area (Å²) in [6, 6.07) is 17.8. The first-order valence-electron chi connectivity index (χ1n) is 6.94. The molecule has 0 saturated heterocycles. The average molecular weight is 317 g/mol. The molecule has 1 atom stereocenters. The number of hydrogen-bond acceptors (Lipinski definition) is 0. The van der Waals surface area contributed by atoms with Gasteiger partial charge in [-0.25, -0.2) is 0 Å². The Labute approximate surface area is 125 Å². The lowest BCUT2D eigenvalue weighted by atomic mass is 9.98. The van der Waals surface area contributed by atoms with E-state index in [9.17, 15) is 0 Å². The van der Waals surface area contributed by atoms with E-state index in [1.807, 2.05) is 0 Å². The summed E-state index contributed by atoms with van der Waals surface area (Å²) in [5.41, 5.74) is 5.41. The molecule has 100 valence electrons. The molecule has 0 fully saturated rings. The van der Waals surface area contributed by atoms with Crippen molar-refractivity contribution < 1.29 is 0 Å². The zero-order chi connectivity index (χ0) is 13.8. The predicted molar refractivity (Wildman–Crippen MR) is 87.1 cm³/mol. The molecule has 0 saturated carbocycles. The van der Waals surface area contributed by atoms with Crippen molar-refractivity contribution in [3.05, 3.63) is 70.8 Å². The summed E-state index contributed by atoms with van der Waals surface area (Å²) in [5, 5.41) is 0. The van der Waals surface area contributed by atoms with Crippen LogP contribution in [0.2, 0.25) is 0 Å². The Bertz CT molecular complexity index is 508. The number of halogens is 1. The van der Waals surface area contributed by atoms with Crippen molar-refractivity contribution in [3.8, 4) is 0 Å². The van der Waals surface area contributed by atoms with E-state index in [4.69, 9.17) is 0 Å². The van der Waals surface area contributed by atoms with Gasteiger partial charge in [-0.15, -0.1) is 0 Å². The van der Waals surface area contributed by atoms with Crippen LogP contribution in [0.15, 0.2) is 48.5 Å². The molecule has 0 spiro atoms. The van der Waals surface area contributed by atoms with Crippen molar-refractivity contribution >= 4 is 15.9 Å². The smallest absolute Gasteiger partial charge is 0.0644 e. The molecule has 0 aliphatic carbocycles. The summed E-state index contributed by atoms with van der Waals surface area (Å²) < 4.78 is 0. The minimum Gasteiger partial charge on any atom is -0.0786 e. The molecule has 0 nitrogen and oxygen atoms in total. The van der Waals surface area contributed by atoms with Crippen LogP contribution in [-0.4, -0.2) is 0 Å². The second-order valence-corrected chi connectivity index (χ2v) is 6.19. The molecule has 0 aliphatic heterocycles. The van der Waals surface area contributed by atoms with E-state index in [0.717, 1.165) is 6.42 Å².